The van der Waals surface area contributed by atoms with E-state index in [1.165, 1.54) is 10.6 Å². The summed E-state index contributed by atoms with van der Waals surface area (Å²) in [5.41, 5.74) is 2.17. The summed E-state index contributed by atoms with van der Waals surface area (Å²) in [4.78, 5) is 54.7. The van der Waals surface area contributed by atoms with Crippen LogP contribution >= 0.6 is 0 Å². The van der Waals surface area contributed by atoms with Crippen molar-refractivity contribution in [3.8, 4) is 11.4 Å². The second kappa shape index (κ2) is 10.2. The maximum absolute atomic E-state index is 15.0. The van der Waals surface area contributed by atoms with Crippen molar-refractivity contribution in [1.82, 2.24) is 20.2 Å². The summed E-state index contributed by atoms with van der Waals surface area (Å²) in [5, 5.41) is 26.1. The number of rotatable bonds is 7. The Bertz CT molecular complexity index is 1750. The number of benzene rings is 1. The number of esters is 1. The molecule has 0 bridgehead atoms. The molecular weight excluding hydrogens is 547 g/mol. The van der Waals surface area contributed by atoms with E-state index in [0.29, 0.717) is 48.2 Å². The lowest BCUT2D eigenvalue weighted by atomic mass is 9.81. The van der Waals surface area contributed by atoms with Crippen LogP contribution in [0.15, 0.2) is 16.9 Å². The van der Waals surface area contributed by atoms with E-state index in [1.54, 1.807) is 19.9 Å². The van der Waals surface area contributed by atoms with Crippen LogP contribution in [0.3, 0.4) is 0 Å². The van der Waals surface area contributed by atoms with Crippen LogP contribution in [0, 0.1) is 12.7 Å². The molecule has 3 aliphatic rings. The third-order valence-corrected chi connectivity index (χ3v) is 8.82. The van der Waals surface area contributed by atoms with Gasteiger partial charge in [0.25, 0.3) is 5.56 Å². The predicted octanol–water partition coefficient (Wildman–Crippen LogP) is 3.07. The van der Waals surface area contributed by atoms with Crippen molar-refractivity contribution in [3.05, 3.63) is 61.7 Å². The summed E-state index contributed by atoms with van der Waals surface area (Å²) in [5.74, 6) is -1.40. The van der Waals surface area contributed by atoms with Gasteiger partial charge in [-0.15, -0.1) is 0 Å². The van der Waals surface area contributed by atoms with Crippen molar-refractivity contribution in [3.63, 3.8) is 0 Å². The average Bonchev–Trinajstić information content (AvgIpc) is 3.32. The van der Waals surface area contributed by atoms with Crippen LogP contribution in [0.5, 0.6) is 0 Å². The molecule has 1 aliphatic carbocycles. The largest absolute Gasteiger partial charge is 0.465 e. The lowest BCUT2D eigenvalue weighted by Gasteiger charge is -2.31. The number of halogens is 1. The average molecular weight is 579 g/mol. The molecule has 11 nitrogen and oxygen atoms in total. The number of ether oxygens (including phenoxy) is 1. The molecule has 0 fully saturated rings. The second-order valence-corrected chi connectivity index (χ2v) is 11.2. The van der Waals surface area contributed by atoms with Gasteiger partial charge in [0, 0.05) is 35.5 Å². The zero-order valence-electron chi connectivity index (χ0n) is 23.3. The Kier molecular flexibility index (Phi) is 6.76. The first-order chi connectivity index (χ1) is 20.0. The minimum absolute atomic E-state index is 0.0132. The summed E-state index contributed by atoms with van der Waals surface area (Å²) in [7, 11) is 0. The monoisotopic (exact) mass is 578 g/mol. The number of pyridine rings is 2. The first-order valence-electron chi connectivity index (χ1n) is 14.1. The number of hydrogen-bond donors (Lipinski definition) is 4. The number of nitrogens with zero attached hydrogens (tertiary/aromatic N) is 2. The molecule has 12 heteroatoms. The van der Waals surface area contributed by atoms with E-state index < -0.39 is 35.1 Å². The Morgan fingerprint density at radius 3 is 2.74 bits per heavy atom. The van der Waals surface area contributed by atoms with Gasteiger partial charge in [-0.1, -0.05) is 6.92 Å². The summed E-state index contributed by atoms with van der Waals surface area (Å²) in [6.45, 7) is 3.53. The number of fused-ring (bicyclic) bond motifs is 5. The maximum atomic E-state index is 15.0. The van der Waals surface area contributed by atoms with Crippen molar-refractivity contribution < 1.29 is 33.7 Å². The highest BCUT2D eigenvalue weighted by molar-refractivity contribution is 5.94. The lowest BCUT2D eigenvalue weighted by Crippen LogP contribution is -2.44. The summed E-state index contributed by atoms with van der Waals surface area (Å²) < 4.78 is 21.7. The quantitative estimate of drug-likeness (QED) is 0.192. The first-order valence-corrected chi connectivity index (χ1v) is 14.1. The molecule has 42 heavy (non-hydrogen) atoms. The molecule has 0 saturated heterocycles. The van der Waals surface area contributed by atoms with Crippen LogP contribution in [0.25, 0.3) is 22.3 Å². The normalized spacial score (nSPS) is 20.0. The number of carbonyl (C=O) groups is 3. The minimum Gasteiger partial charge on any atom is -0.465 e. The molecule has 0 unspecified atom stereocenters. The van der Waals surface area contributed by atoms with Crippen LogP contribution in [-0.2, 0) is 39.5 Å². The third kappa shape index (κ3) is 4.23. The van der Waals surface area contributed by atoms with Gasteiger partial charge in [0.2, 0.25) is 5.91 Å². The predicted molar refractivity (Wildman–Crippen MR) is 148 cm³/mol. The molecule has 2 amide bonds. The van der Waals surface area contributed by atoms with Gasteiger partial charge in [-0.2, -0.15) is 0 Å². The van der Waals surface area contributed by atoms with E-state index in [-0.39, 0.29) is 49.6 Å². The van der Waals surface area contributed by atoms with Crippen molar-refractivity contribution in [1.29, 1.82) is 0 Å². The van der Waals surface area contributed by atoms with Crippen LogP contribution in [-0.4, -0.2) is 44.3 Å². The van der Waals surface area contributed by atoms with Gasteiger partial charge in [0.05, 0.1) is 35.1 Å². The Morgan fingerprint density at radius 1 is 1.21 bits per heavy atom. The zero-order valence-corrected chi connectivity index (χ0v) is 23.3. The fourth-order valence-electron chi connectivity index (χ4n) is 6.57. The van der Waals surface area contributed by atoms with E-state index >= 15 is 4.39 Å². The van der Waals surface area contributed by atoms with Gasteiger partial charge in [0.1, 0.15) is 12.4 Å². The van der Waals surface area contributed by atoms with E-state index in [2.05, 4.69) is 10.6 Å². The molecular formula is C30H31FN4O7. The third-order valence-electron chi connectivity index (χ3n) is 8.82. The van der Waals surface area contributed by atoms with Gasteiger partial charge in [-0.25, -0.2) is 19.0 Å². The molecule has 1 aromatic carbocycles. The maximum Gasteiger partial charge on any atom is 0.404 e. The van der Waals surface area contributed by atoms with E-state index in [0.717, 1.165) is 22.1 Å². The van der Waals surface area contributed by atoms with Gasteiger partial charge < -0.3 is 30.2 Å². The van der Waals surface area contributed by atoms with Gasteiger partial charge in [-0.05, 0) is 61.8 Å². The van der Waals surface area contributed by atoms with Crippen LogP contribution in [0.4, 0.5) is 9.18 Å². The van der Waals surface area contributed by atoms with Crippen LogP contribution < -0.4 is 16.2 Å². The summed E-state index contributed by atoms with van der Waals surface area (Å²) in [6, 6.07) is 2.57. The number of aliphatic hydroxyl groups is 1. The first kappa shape index (κ1) is 27.8. The van der Waals surface area contributed by atoms with E-state index in [9.17, 15) is 24.3 Å². The second-order valence-electron chi connectivity index (χ2n) is 11.2. The van der Waals surface area contributed by atoms with Crippen molar-refractivity contribution >= 4 is 28.9 Å². The smallest absolute Gasteiger partial charge is 0.404 e. The number of cyclic esters (lactones) is 1. The highest BCUT2D eigenvalue weighted by Gasteiger charge is 2.46. The molecule has 0 saturated carbocycles. The van der Waals surface area contributed by atoms with Crippen molar-refractivity contribution in [2.75, 3.05) is 6.54 Å². The number of nitrogens with one attached hydrogen (secondary N) is 2. The summed E-state index contributed by atoms with van der Waals surface area (Å²) >= 11 is 0. The number of unbranched alkanes of at least 4 members (excludes halogenated alkanes) is 1. The number of carbonyl (C=O) groups excluding carboxylic acids is 2. The number of amides is 2. The molecule has 220 valence electrons. The topological polar surface area (TPSA) is 160 Å². The summed E-state index contributed by atoms with van der Waals surface area (Å²) in [6.07, 6.45) is 1.18. The highest BCUT2D eigenvalue weighted by Crippen LogP contribution is 2.45. The molecule has 0 spiro atoms. The van der Waals surface area contributed by atoms with Gasteiger partial charge in [-0.3, -0.25) is 9.59 Å². The molecule has 2 aliphatic heterocycles. The number of aromatic nitrogens is 2. The fourth-order valence-corrected chi connectivity index (χ4v) is 6.57. The number of carboxylic acid groups (broad SMARTS) is 1. The molecule has 0 radical (unpaired) electrons. The molecule has 3 aromatic rings. The Morgan fingerprint density at radius 2 is 2.00 bits per heavy atom. The molecule has 4 N–H and O–H groups in total. The van der Waals surface area contributed by atoms with E-state index in [4.69, 9.17) is 14.8 Å². The van der Waals surface area contributed by atoms with Crippen LogP contribution in [0.1, 0.15) is 78.5 Å². The molecule has 2 atom stereocenters. The Balaban J connectivity index is 1.45. The standard InChI is InChI=1S/C30H31FN4O7/c1-3-30(41)18-10-22-26-16(12-35(22)27(37)17(18)13-42-28(30)38)25-20(33-23(36)6-4-5-9-32-29(39)40)8-7-15-14(2)19(31)11-21(34-26)24(15)25/h10-11,20,32,41H,3-9,12-13H2,1-2H3,(H,33,36)(H,39,40)/t20-,30-/m0/s1. The zero-order chi connectivity index (χ0) is 29.9. The van der Waals surface area contributed by atoms with E-state index in [1.807, 2.05) is 0 Å². The van der Waals surface area contributed by atoms with Gasteiger partial charge in [0.15, 0.2) is 5.60 Å². The number of hydrogen-bond acceptors (Lipinski definition) is 7. The SMILES string of the molecule is CC[C@@]1(O)C(=O)OCc2c1cc1n(c2=O)Cc2c-1nc1cc(F)c(C)c3c1c2[C@@H](NC(=O)CCCCNC(=O)O)CC3. The Hall–Kier alpha value is -4.32. The molecule has 2 aromatic heterocycles. The highest BCUT2D eigenvalue weighted by atomic mass is 19.1. The number of aryl methyl sites for hydroxylation is 1. The Labute approximate surface area is 239 Å². The fraction of sp³-hybridized carbons (Fsp3) is 0.433. The van der Waals surface area contributed by atoms with Gasteiger partial charge >= 0.3 is 12.1 Å². The minimum atomic E-state index is -1.97. The van der Waals surface area contributed by atoms with Crippen LogP contribution in [0.2, 0.25) is 0 Å². The van der Waals surface area contributed by atoms with Crippen molar-refractivity contribution in [2.24, 2.45) is 0 Å². The molecule has 4 heterocycles. The molecule has 6 rings (SSSR count). The lowest BCUT2D eigenvalue weighted by molar-refractivity contribution is -0.172. The van der Waals surface area contributed by atoms with Crippen molar-refractivity contribution in [2.45, 2.75) is 77.2 Å².